The molecule has 0 aliphatic heterocycles. The maximum atomic E-state index is 13.7. The molecule has 2 aromatic carbocycles. The van der Waals surface area contributed by atoms with Crippen LogP contribution in [0.3, 0.4) is 0 Å². The standard InChI is InChI=1S/C32H49ClNO8P/c1-29(2,3)40-28(35)34-32(10,23-39-43(36,41-30(4,5)6)42-31(7,8)9)20-19-24-11-15-26(16-12-24)37-21-22-38-27-17-13-25(33)14-18-27/h11-18H,19-23H2,1-10H3,(H,34,35). The quantitative estimate of drug-likeness (QED) is 0.161. The molecule has 0 bridgehead atoms. The van der Waals surface area contributed by atoms with E-state index in [0.29, 0.717) is 36.8 Å². The highest BCUT2D eigenvalue weighted by molar-refractivity contribution is 7.48. The molecular weight excluding hydrogens is 593 g/mol. The number of alkyl carbamates (subject to hydrolysis) is 1. The first kappa shape index (κ1) is 36.9. The van der Waals surface area contributed by atoms with Crippen molar-refractivity contribution in [2.45, 2.75) is 104 Å². The fourth-order valence-electron chi connectivity index (χ4n) is 3.71. The molecule has 0 spiro atoms. The maximum Gasteiger partial charge on any atom is 0.475 e. The van der Waals surface area contributed by atoms with Crippen LogP contribution < -0.4 is 14.8 Å². The number of ether oxygens (including phenoxy) is 3. The van der Waals surface area contributed by atoms with Gasteiger partial charge in [0.05, 0.1) is 23.3 Å². The summed E-state index contributed by atoms with van der Waals surface area (Å²) in [6, 6.07) is 14.8. The topological polar surface area (TPSA) is 102 Å². The molecule has 0 fully saturated rings. The van der Waals surface area contributed by atoms with Crippen LogP contribution in [0.5, 0.6) is 11.5 Å². The number of benzene rings is 2. The number of phosphoric ester groups is 1. The number of rotatable bonds is 14. The summed E-state index contributed by atoms with van der Waals surface area (Å²) in [5.41, 5.74) is -2.22. The smallest absolute Gasteiger partial charge is 0.475 e. The van der Waals surface area contributed by atoms with Crippen molar-refractivity contribution in [3.63, 3.8) is 0 Å². The average Bonchev–Trinajstić information content (AvgIpc) is 2.83. The van der Waals surface area contributed by atoms with Gasteiger partial charge in [0.15, 0.2) is 0 Å². The monoisotopic (exact) mass is 641 g/mol. The molecular formula is C32H49ClNO8P. The molecule has 11 heteroatoms. The second kappa shape index (κ2) is 15.1. The van der Waals surface area contributed by atoms with Gasteiger partial charge in [0.25, 0.3) is 0 Å². The predicted molar refractivity (Wildman–Crippen MR) is 170 cm³/mol. The molecule has 1 amide bonds. The van der Waals surface area contributed by atoms with Gasteiger partial charge in [-0.05, 0) is 124 Å². The zero-order chi connectivity index (χ0) is 32.5. The van der Waals surface area contributed by atoms with E-state index in [4.69, 9.17) is 39.4 Å². The van der Waals surface area contributed by atoms with Gasteiger partial charge >= 0.3 is 13.9 Å². The van der Waals surface area contributed by atoms with Gasteiger partial charge in [-0.25, -0.2) is 9.36 Å². The highest BCUT2D eigenvalue weighted by atomic mass is 35.5. The van der Waals surface area contributed by atoms with Gasteiger partial charge in [0.1, 0.15) is 30.3 Å². The van der Waals surface area contributed by atoms with Gasteiger partial charge in [0, 0.05) is 5.02 Å². The van der Waals surface area contributed by atoms with Crippen molar-refractivity contribution < 1.29 is 37.1 Å². The first-order valence-corrected chi connectivity index (χ1v) is 16.3. The highest BCUT2D eigenvalue weighted by Crippen LogP contribution is 2.55. The van der Waals surface area contributed by atoms with Crippen molar-refractivity contribution >= 4 is 25.5 Å². The van der Waals surface area contributed by atoms with Crippen molar-refractivity contribution in [1.29, 1.82) is 0 Å². The van der Waals surface area contributed by atoms with E-state index in [1.165, 1.54) is 0 Å². The van der Waals surface area contributed by atoms with Crippen molar-refractivity contribution in [3.8, 4) is 11.5 Å². The van der Waals surface area contributed by atoms with Crippen molar-refractivity contribution in [3.05, 3.63) is 59.1 Å². The first-order valence-electron chi connectivity index (χ1n) is 14.4. The van der Waals surface area contributed by atoms with Crippen LogP contribution in [0.15, 0.2) is 48.5 Å². The van der Waals surface area contributed by atoms with E-state index in [1.807, 2.05) is 43.3 Å². The SMILES string of the molecule is CC(CCc1ccc(OCCOc2ccc(Cl)cc2)cc1)(COP(=O)(OC(C)(C)C)OC(C)(C)C)NC(=O)OC(C)(C)C. The fourth-order valence-corrected chi connectivity index (χ4v) is 5.76. The molecule has 2 aromatic rings. The largest absolute Gasteiger partial charge is 0.490 e. The fraction of sp³-hybridized carbons (Fsp3) is 0.594. The van der Waals surface area contributed by atoms with Crippen LogP contribution in [-0.2, 0) is 29.3 Å². The van der Waals surface area contributed by atoms with Crippen molar-refractivity contribution in [2.24, 2.45) is 0 Å². The maximum absolute atomic E-state index is 13.7. The Morgan fingerprint density at radius 1 is 0.744 bits per heavy atom. The molecule has 9 nitrogen and oxygen atoms in total. The normalized spacial score (nSPS) is 14.1. The lowest BCUT2D eigenvalue weighted by atomic mass is 9.94. The zero-order valence-corrected chi connectivity index (χ0v) is 28.9. The van der Waals surface area contributed by atoms with Gasteiger partial charge in [-0.1, -0.05) is 23.7 Å². The Hall–Kier alpha value is -2.29. The number of carbonyl (C=O) groups is 1. The summed E-state index contributed by atoms with van der Waals surface area (Å²) in [6.07, 6.45) is 0.429. The summed E-state index contributed by atoms with van der Waals surface area (Å²) >= 11 is 5.90. The average molecular weight is 642 g/mol. The summed E-state index contributed by atoms with van der Waals surface area (Å²) in [7, 11) is -4.01. The number of amides is 1. The third-order valence-corrected chi connectivity index (χ3v) is 7.68. The molecule has 242 valence electrons. The minimum Gasteiger partial charge on any atom is -0.490 e. The minimum absolute atomic E-state index is 0.134. The summed E-state index contributed by atoms with van der Waals surface area (Å²) in [5.74, 6) is 1.43. The Labute approximate surface area is 262 Å². The van der Waals surface area contributed by atoms with Crippen LogP contribution in [0.2, 0.25) is 5.02 Å². The van der Waals surface area contributed by atoms with Crippen LogP contribution in [0.1, 0.15) is 81.2 Å². The lowest BCUT2D eigenvalue weighted by Crippen LogP contribution is -2.51. The number of nitrogens with one attached hydrogen (secondary N) is 1. The molecule has 0 radical (unpaired) electrons. The molecule has 0 heterocycles. The van der Waals surface area contributed by atoms with Crippen molar-refractivity contribution in [1.82, 2.24) is 5.32 Å². The van der Waals surface area contributed by atoms with E-state index in [9.17, 15) is 9.36 Å². The van der Waals surface area contributed by atoms with Gasteiger partial charge in [0.2, 0.25) is 0 Å². The van der Waals surface area contributed by atoms with Crippen LogP contribution in [0, 0.1) is 0 Å². The minimum atomic E-state index is -4.01. The van der Waals surface area contributed by atoms with Crippen molar-refractivity contribution in [2.75, 3.05) is 19.8 Å². The Morgan fingerprint density at radius 3 is 1.65 bits per heavy atom. The van der Waals surface area contributed by atoms with Crippen LogP contribution in [0.4, 0.5) is 4.79 Å². The van der Waals surface area contributed by atoms with Gasteiger partial charge in [-0.2, -0.15) is 0 Å². The van der Waals surface area contributed by atoms with Crippen LogP contribution >= 0.6 is 19.4 Å². The number of hydrogen-bond donors (Lipinski definition) is 1. The Kier molecular flexibility index (Phi) is 13.0. The number of hydrogen-bond acceptors (Lipinski definition) is 8. The predicted octanol–water partition coefficient (Wildman–Crippen LogP) is 8.77. The molecule has 0 saturated heterocycles. The number of aryl methyl sites for hydroxylation is 1. The second-order valence-corrected chi connectivity index (χ2v) is 15.6. The van der Waals surface area contributed by atoms with E-state index in [-0.39, 0.29) is 6.61 Å². The molecule has 0 aliphatic rings. The number of carbonyl (C=O) groups excluding carboxylic acids is 1. The molecule has 43 heavy (non-hydrogen) atoms. The zero-order valence-electron chi connectivity index (χ0n) is 27.2. The molecule has 0 aromatic heterocycles. The van der Waals surface area contributed by atoms with Gasteiger partial charge in [-0.15, -0.1) is 0 Å². The van der Waals surface area contributed by atoms with Gasteiger partial charge < -0.3 is 19.5 Å². The van der Waals surface area contributed by atoms with E-state index in [0.717, 1.165) is 11.3 Å². The first-order chi connectivity index (χ1) is 19.6. The van der Waals surface area contributed by atoms with Crippen LogP contribution in [0.25, 0.3) is 0 Å². The van der Waals surface area contributed by atoms with E-state index in [1.54, 1.807) is 74.4 Å². The molecule has 1 N–H and O–H groups in total. The summed E-state index contributed by atoms with van der Waals surface area (Å²) in [6.45, 7) is 18.4. The molecule has 0 saturated carbocycles. The second-order valence-electron chi connectivity index (χ2n) is 13.6. The van der Waals surface area contributed by atoms with Gasteiger partial charge in [-0.3, -0.25) is 13.6 Å². The molecule has 1 atom stereocenters. The molecule has 1 unspecified atom stereocenters. The third kappa shape index (κ3) is 15.8. The van der Waals surface area contributed by atoms with E-state index >= 15 is 0 Å². The van der Waals surface area contributed by atoms with E-state index < -0.39 is 36.3 Å². The van der Waals surface area contributed by atoms with Crippen LogP contribution in [-0.4, -0.2) is 48.3 Å². The number of halogens is 1. The Bertz CT molecular complexity index is 1180. The Balaban J connectivity index is 2.06. The number of phosphoric acid groups is 1. The third-order valence-electron chi connectivity index (χ3n) is 5.44. The summed E-state index contributed by atoms with van der Waals surface area (Å²) in [5, 5.41) is 3.57. The molecule has 0 aliphatic carbocycles. The highest BCUT2D eigenvalue weighted by Gasteiger charge is 2.40. The summed E-state index contributed by atoms with van der Waals surface area (Å²) in [4.78, 5) is 12.8. The lowest BCUT2D eigenvalue weighted by Gasteiger charge is -2.35. The Morgan fingerprint density at radius 2 is 1.21 bits per heavy atom. The van der Waals surface area contributed by atoms with E-state index in [2.05, 4.69) is 5.32 Å². The molecule has 2 rings (SSSR count). The lowest BCUT2D eigenvalue weighted by molar-refractivity contribution is -0.00737. The summed E-state index contributed by atoms with van der Waals surface area (Å²) < 4.78 is 48.1.